The number of benzene rings is 1. The highest BCUT2D eigenvalue weighted by atomic mass is 19.4. The molecule has 0 spiro atoms. The van der Waals surface area contributed by atoms with Crippen molar-refractivity contribution in [2.24, 2.45) is 16.3 Å². The number of halogens is 4. The van der Waals surface area contributed by atoms with E-state index in [1.807, 2.05) is 44.2 Å². The van der Waals surface area contributed by atoms with E-state index in [1.54, 1.807) is 12.0 Å². The third-order valence-corrected chi connectivity index (χ3v) is 4.49. The second-order valence-electron chi connectivity index (χ2n) is 6.66. The van der Waals surface area contributed by atoms with Crippen LogP contribution in [-0.2, 0) is 16.1 Å². The van der Waals surface area contributed by atoms with Crippen LogP contribution in [0.1, 0.15) is 26.3 Å². The van der Waals surface area contributed by atoms with Crippen molar-refractivity contribution in [2.75, 3.05) is 27.4 Å². The van der Waals surface area contributed by atoms with E-state index >= 15 is 0 Å². The zero-order valence-corrected chi connectivity index (χ0v) is 18.7. The molecule has 8 heteroatoms. The summed E-state index contributed by atoms with van der Waals surface area (Å²) in [6.45, 7) is 6.85. The highest BCUT2D eigenvalue weighted by Crippen LogP contribution is 2.41. The van der Waals surface area contributed by atoms with Gasteiger partial charge in [0.2, 0.25) is 6.41 Å². The lowest BCUT2D eigenvalue weighted by Gasteiger charge is -2.36. The van der Waals surface area contributed by atoms with Gasteiger partial charge in [-0.25, -0.2) is 0 Å². The van der Waals surface area contributed by atoms with Gasteiger partial charge in [-0.15, -0.1) is 0 Å². The van der Waals surface area contributed by atoms with Crippen molar-refractivity contribution in [3.8, 4) is 0 Å². The van der Waals surface area contributed by atoms with Crippen LogP contribution in [0.15, 0.2) is 59.8 Å². The molecule has 2 aliphatic rings. The number of hydrogen-bond acceptors (Lipinski definition) is 3. The third-order valence-electron chi connectivity index (χ3n) is 4.49. The van der Waals surface area contributed by atoms with Crippen LogP contribution in [-0.4, -0.2) is 50.6 Å². The molecular weight excluding hydrogens is 412 g/mol. The van der Waals surface area contributed by atoms with Gasteiger partial charge in [0.05, 0.1) is 13.8 Å². The molecule has 0 saturated carbocycles. The number of methoxy groups -OCH3 is 1. The van der Waals surface area contributed by atoms with Crippen molar-refractivity contribution in [3.63, 3.8) is 0 Å². The fourth-order valence-electron chi connectivity index (χ4n) is 2.59. The summed E-state index contributed by atoms with van der Waals surface area (Å²) in [5.41, 5.74) is -0.163. The molecule has 0 bridgehead atoms. The molecule has 31 heavy (non-hydrogen) atoms. The van der Waals surface area contributed by atoms with E-state index in [-0.39, 0.29) is 5.92 Å². The predicted molar refractivity (Wildman–Crippen MR) is 117 cm³/mol. The van der Waals surface area contributed by atoms with Crippen molar-refractivity contribution in [2.45, 2.75) is 33.6 Å². The Hall–Kier alpha value is -2.48. The first-order valence-corrected chi connectivity index (χ1v) is 9.90. The SMILES string of the molecule is CC.CC1(C(F)(F)F)C=CN=C(C2CN(C=O)C2)C=C1.CF.COCc1ccccc1. The second kappa shape index (κ2) is 14.5. The van der Waals surface area contributed by atoms with Crippen LogP contribution in [0.3, 0.4) is 0 Å². The van der Waals surface area contributed by atoms with Gasteiger partial charge in [-0.05, 0) is 24.6 Å². The summed E-state index contributed by atoms with van der Waals surface area (Å²) in [6, 6.07) is 10.1. The number of alkyl halides is 4. The standard InChI is InChI=1S/C12H13F3N2O.C8H10O.C2H6.CH3F/c1-11(12(13,14)15)3-2-10(16-5-4-11)9-6-17(7-9)8-18;1-9-7-8-5-3-2-4-6-8;2*1-2/h2-5,8-9H,6-7H2,1H3;2-6H,7H2,1H3;1-2H3;1H3. The molecule has 3 rings (SSSR count). The number of ether oxygens (including phenoxy) is 1. The summed E-state index contributed by atoms with van der Waals surface area (Å²) in [6.07, 6.45) is 1.19. The first-order chi connectivity index (χ1) is 14.8. The highest BCUT2D eigenvalue weighted by Gasteiger charge is 2.48. The summed E-state index contributed by atoms with van der Waals surface area (Å²) in [5.74, 6) is 0.0340. The van der Waals surface area contributed by atoms with Gasteiger partial charge < -0.3 is 9.64 Å². The molecule has 1 aromatic carbocycles. The molecule has 1 fully saturated rings. The number of carbonyl (C=O) groups excluding carboxylic acids is 1. The van der Waals surface area contributed by atoms with E-state index in [9.17, 15) is 22.4 Å². The molecule has 1 atom stereocenters. The Balaban J connectivity index is 0.000000582. The van der Waals surface area contributed by atoms with Crippen LogP contribution in [0, 0.1) is 11.3 Å². The van der Waals surface area contributed by atoms with Gasteiger partial charge in [-0.3, -0.25) is 14.2 Å². The topological polar surface area (TPSA) is 41.9 Å². The number of allylic oxidation sites excluding steroid dienone is 3. The largest absolute Gasteiger partial charge is 0.401 e. The molecule has 0 radical (unpaired) electrons. The monoisotopic (exact) mass is 444 g/mol. The second-order valence-corrected chi connectivity index (χ2v) is 6.66. The Morgan fingerprint density at radius 3 is 2.23 bits per heavy atom. The molecule has 1 amide bonds. The molecule has 4 nitrogen and oxygen atoms in total. The zero-order chi connectivity index (χ0) is 23.9. The number of hydrogen-bond donors (Lipinski definition) is 0. The average molecular weight is 445 g/mol. The predicted octanol–water partition coefficient (Wildman–Crippen LogP) is 5.61. The molecule has 2 heterocycles. The first-order valence-electron chi connectivity index (χ1n) is 9.90. The van der Waals surface area contributed by atoms with Gasteiger partial charge >= 0.3 is 6.18 Å². The number of likely N-dealkylation sites (tertiary alicyclic amines) is 1. The Bertz CT molecular complexity index is 712. The van der Waals surface area contributed by atoms with E-state index in [0.29, 0.717) is 32.6 Å². The molecule has 0 N–H and O–H groups in total. The van der Waals surface area contributed by atoms with Gasteiger partial charge in [-0.2, -0.15) is 13.2 Å². The highest BCUT2D eigenvalue weighted by molar-refractivity contribution is 5.99. The molecule has 2 aliphatic heterocycles. The maximum absolute atomic E-state index is 12.8. The lowest BCUT2D eigenvalue weighted by Crippen LogP contribution is -2.48. The Kier molecular flexibility index (Phi) is 13.4. The summed E-state index contributed by atoms with van der Waals surface area (Å²) in [7, 11) is 2.20. The van der Waals surface area contributed by atoms with E-state index in [1.165, 1.54) is 17.8 Å². The van der Waals surface area contributed by atoms with Crippen molar-refractivity contribution in [1.82, 2.24) is 4.90 Å². The maximum Gasteiger partial charge on any atom is 0.401 e. The maximum atomic E-state index is 12.8. The minimum Gasteiger partial charge on any atom is -0.380 e. The van der Waals surface area contributed by atoms with Crippen LogP contribution in [0.5, 0.6) is 0 Å². The minimum absolute atomic E-state index is 0.0340. The third kappa shape index (κ3) is 9.04. The number of aliphatic imine (C=N–C) groups is 1. The fourth-order valence-corrected chi connectivity index (χ4v) is 2.59. The quantitative estimate of drug-likeness (QED) is 0.447. The molecular formula is C23H32F4N2O2. The number of amides is 1. The molecule has 1 saturated heterocycles. The van der Waals surface area contributed by atoms with Crippen LogP contribution >= 0.6 is 0 Å². The summed E-state index contributed by atoms with van der Waals surface area (Å²) in [5, 5.41) is 0. The number of carbonyl (C=O) groups is 1. The Morgan fingerprint density at radius 2 is 1.74 bits per heavy atom. The first kappa shape index (κ1) is 28.5. The van der Waals surface area contributed by atoms with Gasteiger partial charge in [-0.1, -0.05) is 50.3 Å². The van der Waals surface area contributed by atoms with Gasteiger partial charge in [0.1, 0.15) is 5.41 Å². The Labute approximate surface area is 182 Å². The van der Waals surface area contributed by atoms with Gasteiger partial charge in [0.15, 0.2) is 0 Å². The minimum atomic E-state index is -4.33. The molecule has 0 aromatic heterocycles. The molecule has 0 aliphatic carbocycles. The summed E-state index contributed by atoms with van der Waals surface area (Å²) in [4.78, 5) is 16.0. The van der Waals surface area contributed by atoms with Crippen LogP contribution in [0.2, 0.25) is 0 Å². The van der Waals surface area contributed by atoms with Gasteiger partial charge in [0.25, 0.3) is 0 Å². The zero-order valence-electron chi connectivity index (χ0n) is 18.7. The van der Waals surface area contributed by atoms with E-state index < -0.39 is 11.6 Å². The van der Waals surface area contributed by atoms with E-state index in [0.717, 1.165) is 25.5 Å². The Morgan fingerprint density at radius 1 is 1.16 bits per heavy atom. The number of rotatable bonds is 4. The lowest BCUT2D eigenvalue weighted by molar-refractivity contribution is -0.183. The van der Waals surface area contributed by atoms with Crippen molar-refractivity contribution >= 4 is 12.1 Å². The normalized spacial score (nSPS) is 19.8. The van der Waals surface area contributed by atoms with E-state index in [2.05, 4.69) is 4.99 Å². The molecule has 1 aromatic rings. The smallest absolute Gasteiger partial charge is 0.380 e. The van der Waals surface area contributed by atoms with Crippen LogP contribution in [0.4, 0.5) is 17.6 Å². The average Bonchev–Trinajstić information content (AvgIpc) is 2.94. The van der Waals surface area contributed by atoms with Crippen molar-refractivity contribution < 1.29 is 27.1 Å². The number of nitrogens with zero attached hydrogens (tertiary/aromatic N) is 2. The summed E-state index contributed by atoms with van der Waals surface area (Å²) < 4.78 is 52.9. The molecule has 174 valence electrons. The van der Waals surface area contributed by atoms with Crippen LogP contribution in [0.25, 0.3) is 0 Å². The van der Waals surface area contributed by atoms with Crippen LogP contribution < -0.4 is 0 Å². The summed E-state index contributed by atoms with van der Waals surface area (Å²) >= 11 is 0. The van der Waals surface area contributed by atoms with Crippen molar-refractivity contribution in [3.05, 3.63) is 60.3 Å². The molecule has 1 unspecified atom stereocenters. The lowest BCUT2D eigenvalue weighted by atomic mass is 9.87. The van der Waals surface area contributed by atoms with Crippen molar-refractivity contribution in [1.29, 1.82) is 0 Å². The van der Waals surface area contributed by atoms with E-state index in [4.69, 9.17) is 4.74 Å². The fraction of sp³-hybridized carbons (Fsp3) is 0.478. The van der Waals surface area contributed by atoms with Gasteiger partial charge in [0, 0.05) is 38.0 Å².